The molecule has 1 aliphatic heterocycles. The zero-order valence-corrected chi connectivity index (χ0v) is 22.1. The fourth-order valence-electron chi connectivity index (χ4n) is 4.65. The maximum atomic E-state index is 13.0. The number of likely N-dealkylation sites (tertiary alicyclic amines) is 1. The van der Waals surface area contributed by atoms with Gasteiger partial charge in [0.05, 0.1) is 0 Å². The predicted molar refractivity (Wildman–Crippen MR) is 147 cm³/mol. The van der Waals surface area contributed by atoms with Crippen LogP contribution >= 0.6 is 23.2 Å². The molecule has 8 heteroatoms. The van der Waals surface area contributed by atoms with E-state index in [9.17, 15) is 14.7 Å². The molecule has 0 bridgehead atoms. The largest absolute Gasteiger partial charge is 0.478 e. The number of rotatable bonds is 13. The quantitative estimate of drug-likeness (QED) is 0.196. The molecule has 1 fully saturated rings. The van der Waals surface area contributed by atoms with Crippen LogP contribution in [-0.4, -0.2) is 64.8 Å². The normalized spacial score (nSPS) is 14.6. The van der Waals surface area contributed by atoms with Gasteiger partial charge in [-0.2, -0.15) is 0 Å². The maximum Gasteiger partial charge on any atom is 0.331 e. The molecule has 1 N–H and O–H groups in total. The maximum absolute atomic E-state index is 13.0. The van der Waals surface area contributed by atoms with Crippen molar-refractivity contribution >= 4 is 46.8 Å². The molecule has 194 valence electrons. The van der Waals surface area contributed by atoms with E-state index in [4.69, 9.17) is 23.2 Å². The van der Waals surface area contributed by atoms with Gasteiger partial charge in [-0.15, -0.1) is 23.2 Å². The summed E-state index contributed by atoms with van der Waals surface area (Å²) in [5.74, 6) is 0.828. The van der Waals surface area contributed by atoms with Crippen LogP contribution in [0.25, 0.3) is 6.08 Å². The van der Waals surface area contributed by atoms with E-state index in [1.165, 1.54) is 0 Å². The summed E-state index contributed by atoms with van der Waals surface area (Å²) < 4.78 is 0. The first-order chi connectivity index (χ1) is 17.5. The van der Waals surface area contributed by atoms with Crippen molar-refractivity contribution in [1.82, 2.24) is 9.88 Å². The fourth-order valence-corrected chi connectivity index (χ4v) is 5.06. The number of benzene rings is 1. The van der Waals surface area contributed by atoms with Crippen molar-refractivity contribution in [2.24, 2.45) is 5.92 Å². The average Bonchev–Trinajstić information content (AvgIpc) is 2.91. The van der Waals surface area contributed by atoms with Gasteiger partial charge in [0.1, 0.15) is 0 Å². The molecule has 36 heavy (non-hydrogen) atoms. The number of hydrogen-bond donors (Lipinski definition) is 1. The molecule has 1 amide bonds. The number of halogens is 2. The number of hydrogen-bond acceptors (Lipinski definition) is 4. The van der Waals surface area contributed by atoms with Crippen LogP contribution in [-0.2, 0) is 4.79 Å². The first-order valence-electron chi connectivity index (χ1n) is 12.6. The molecule has 0 unspecified atom stereocenters. The standard InChI is InChI=1S/C28H35Cl2N3O3/c29-13-18-32(19-14-30)26-9-7-24(8-10-26)27(34)33-16-11-22(12-17-33)4-1-2-6-25(28(35)36)20-23-5-3-15-31-21-23/h3,5,7-10,15,20-22H,1-2,4,6,11-14,16-19H2,(H,35,36). The van der Waals surface area contributed by atoms with E-state index in [0.717, 1.165) is 56.4 Å². The number of alkyl halides is 2. The lowest BCUT2D eigenvalue weighted by atomic mass is 9.90. The second-order valence-electron chi connectivity index (χ2n) is 9.15. The lowest BCUT2D eigenvalue weighted by molar-refractivity contribution is -0.132. The van der Waals surface area contributed by atoms with Gasteiger partial charge < -0.3 is 14.9 Å². The van der Waals surface area contributed by atoms with Crippen molar-refractivity contribution in [1.29, 1.82) is 0 Å². The number of amides is 1. The highest BCUT2D eigenvalue weighted by Gasteiger charge is 2.23. The number of nitrogens with zero attached hydrogens (tertiary/aromatic N) is 3. The molecule has 0 saturated carbocycles. The zero-order chi connectivity index (χ0) is 25.8. The van der Waals surface area contributed by atoms with Crippen LogP contribution in [0.4, 0.5) is 5.69 Å². The molecule has 3 rings (SSSR count). The van der Waals surface area contributed by atoms with Gasteiger partial charge in [0.25, 0.3) is 5.91 Å². The summed E-state index contributed by atoms with van der Waals surface area (Å²) >= 11 is 11.8. The molecule has 1 aliphatic rings. The van der Waals surface area contributed by atoms with E-state index in [0.29, 0.717) is 48.3 Å². The van der Waals surface area contributed by atoms with Gasteiger partial charge in [0.15, 0.2) is 0 Å². The molecule has 0 aliphatic carbocycles. The number of piperidine rings is 1. The monoisotopic (exact) mass is 531 g/mol. The number of carbonyl (C=O) groups excluding carboxylic acids is 1. The summed E-state index contributed by atoms with van der Waals surface area (Å²) in [6, 6.07) is 11.4. The third-order valence-electron chi connectivity index (χ3n) is 6.70. The minimum atomic E-state index is -0.871. The van der Waals surface area contributed by atoms with Gasteiger partial charge in [-0.05, 0) is 73.6 Å². The average molecular weight is 533 g/mol. The number of carboxylic acid groups (broad SMARTS) is 1. The van der Waals surface area contributed by atoms with Crippen molar-refractivity contribution < 1.29 is 14.7 Å². The Morgan fingerprint density at radius 3 is 2.33 bits per heavy atom. The van der Waals surface area contributed by atoms with Crippen LogP contribution < -0.4 is 4.90 Å². The smallest absolute Gasteiger partial charge is 0.331 e. The van der Waals surface area contributed by atoms with Gasteiger partial charge in [0, 0.05) is 67.2 Å². The Balaban J connectivity index is 1.42. The lowest BCUT2D eigenvalue weighted by Gasteiger charge is -2.32. The summed E-state index contributed by atoms with van der Waals surface area (Å²) in [7, 11) is 0. The Labute approximate surface area is 223 Å². The van der Waals surface area contributed by atoms with Gasteiger partial charge in [-0.3, -0.25) is 9.78 Å². The number of aliphatic carboxylic acids is 1. The molecule has 1 saturated heterocycles. The van der Waals surface area contributed by atoms with E-state index in [-0.39, 0.29) is 5.91 Å². The van der Waals surface area contributed by atoms with Crippen molar-refractivity contribution in [3.05, 3.63) is 65.5 Å². The lowest BCUT2D eigenvalue weighted by Crippen LogP contribution is -2.38. The highest BCUT2D eigenvalue weighted by atomic mass is 35.5. The molecular formula is C28H35Cl2N3O3. The molecule has 0 spiro atoms. The summed E-state index contributed by atoms with van der Waals surface area (Å²) in [6.07, 6.45) is 10.5. The van der Waals surface area contributed by atoms with Gasteiger partial charge in [-0.1, -0.05) is 18.9 Å². The van der Waals surface area contributed by atoms with Gasteiger partial charge in [-0.25, -0.2) is 4.79 Å². The highest BCUT2D eigenvalue weighted by molar-refractivity contribution is 6.18. The first-order valence-corrected chi connectivity index (χ1v) is 13.7. The molecule has 1 aromatic heterocycles. The van der Waals surface area contributed by atoms with E-state index in [2.05, 4.69) is 9.88 Å². The molecule has 1 aromatic carbocycles. The summed E-state index contributed by atoms with van der Waals surface area (Å²) in [5.41, 5.74) is 2.95. The van der Waals surface area contributed by atoms with E-state index in [1.807, 2.05) is 35.2 Å². The number of unbranched alkanes of at least 4 members (excludes halogenated alkanes) is 1. The van der Waals surface area contributed by atoms with E-state index < -0.39 is 5.97 Å². The van der Waals surface area contributed by atoms with Crippen LogP contribution in [0.2, 0.25) is 0 Å². The van der Waals surface area contributed by atoms with Crippen LogP contribution in [0.1, 0.15) is 54.4 Å². The SMILES string of the molecule is O=C(O)C(=Cc1cccnc1)CCCCC1CCN(C(=O)c2ccc(N(CCCl)CCCl)cc2)CC1. The molecule has 0 radical (unpaired) electrons. The van der Waals surface area contributed by atoms with Crippen LogP contribution in [0.3, 0.4) is 0 Å². The number of anilines is 1. The fraction of sp³-hybridized carbons (Fsp3) is 0.464. The predicted octanol–water partition coefficient (Wildman–Crippen LogP) is 5.95. The van der Waals surface area contributed by atoms with Crippen LogP contribution in [0.5, 0.6) is 0 Å². The van der Waals surface area contributed by atoms with E-state index in [1.54, 1.807) is 24.5 Å². The van der Waals surface area contributed by atoms with Crippen molar-refractivity contribution in [3.63, 3.8) is 0 Å². The highest BCUT2D eigenvalue weighted by Crippen LogP contribution is 2.25. The number of carbonyl (C=O) groups is 2. The Bertz CT molecular complexity index is 985. The minimum Gasteiger partial charge on any atom is -0.478 e. The summed E-state index contributed by atoms with van der Waals surface area (Å²) in [4.78, 5) is 32.7. The molecule has 2 aromatic rings. The number of aromatic nitrogens is 1. The van der Waals surface area contributed by atoms with Crippen molar-refractivity contribution in [3.8, 4) is 0 Å². The van der Waals surface area contributed by atoms with E-state index >= 15 is 0 Å². The van der Waals surface area contributed by atoms with Crippen molar-refractivity contribution in [2.45, 2.75) is 38.5 Å². The van der Waals surface area contributed by atoms with Crippen LogP contribution in [0.15, 0.2) is 54.4 Å². The Morgan fingerprint density at radius 1 is 1.06 bits per heavy atom. The molecule has 0 atom stereocenters. The number of pyridine rings is 1. The second kappa shape index (κ2) is 14.9. The van der Waals surface area contributed by atoms with Crippen molar-refractivity contribution in [2.75, 3.05) is 42.8 Å². The topological polar surface area (TPSA) is 73.7 Å². The second-order valence-corrected chi connectivity index (χ2v) is 9.91. The Hall–Kier alpha value is -2.57. The first kappa shape index (κ1) is 28.0. The zero-order valence-electron chi connectivity index (χ0n) is 20.6. The molecular weight excluding hydrogens is 497 g/mol. The Kier molecular flexibility index (Phi) is 11.6. The Morgan fingerprint density at radius 2 is 1.75 bits per heavy atom. The van der Waals surface area contributed by atoms with Gasteiger partial charge >= 0.3 is 5.97 Å². The summed E-state index contributed by atoms with van der Waals surface area (Å²) in [5, 5.41) is 9.51. The molecule has 2 heterocycles. The third-order valence-corrected chi connectivity index (χ3v) is 7.04. The molecule has 6 nitrogen and oxygen atoms in total. The minimum absolute atomic E-state index is 0.0767. The third kappa shape index (κ3) is 8.52. The van der Waals surface area contributed by atoms with Crippen LogP contribution in [0, 0.1) is 5.92 Å². The van der Waals surface area contributed by atoms with Gasteiger partial charge in [0.2, 0.25) is 0 Å². The summed E-state index contributed by atoms with van der Waals surface area (Å²) in [6.45, 7) is 2.95. The number of carboxylic acids is 1.